The number of ether oxygens (including phenoxy) is 2. The number of rotatable bonds is 10. The Kier molecular flexibility index (Phi) is 8.42. The van der Waals surface area contributed by atoms with E-state index in [1.165, 1.54) is 0 Å². The van der Waals surface area contributed by atoms with Gasteiger partial charge >= 0.3 is 0 Å². The number of aromatic nitrogens is 1. The predicted octanol–water partition coefficient (Wildman–Crippen LogP) is 5.27. The third-order valence-electron chi connectivity index (χ3n) is 6.61. The van der Waals surface area contributed by atoms with Gasteiger partial charge in [0.25, 0.3) is 5.91 Å². The third kappa shape index (κ3) is 6.03. The predicted molar refractivity (Wildman–Crippen MR) is 137 cm³/mol. The highest BCUT2D eigenvalue weighted by Crippen LogP contribution is 2.35. The fourth-order valence-electron chi connectivity index (χ4n) is 4.51. The van der Waals surface area contributed by atoms with Crippen molar-refractivity contribution in [1.82, 2.24) is 10.1 Å². The second-order valence-electron chi connectivity index (χ2n) is 9.16. The molecule has 0 saturated carbocycles. The molecule has 1 aliphatic heterocycles. The molecule has 0 radical (unpaired) electrons. The lowest BCUT2D eigenvalue weighted by molar-refractivity contribution is 0.0723. The summed E-state index contributed by atoms with van der Waals surface area (Å²) in [6.07, 6.45) is 2.96. The van der Waals surface area contributed by atoms with Gasteiger partial charge in [0.1, 0.15) is 11.4 Å². The van der Waals surface area contributed by atoms with E-state index in [2.05, 4.69) is 17.0 Å². The Balaban J connectivity index is 1.69. The molecule has 7 heteroatoms. The first-order valence-electron chi connectivity index (χ1n) is 12.3. The lowest BCUT2D eigenvalue weighted by Crippen LogP contribution is -2.35. The average molecular weight is 478 g/mol. The van der Waals surface area contributed by atoms with Gasteiger partial charge in [-0.15, -0.1) is 0 Å². The third-order valence-corrected chi connectivity index (χ3v) is 6.61. The topological polar surface area (TPSA) is 68.0 Å². The molecule has 0 unspecified atom stereocenters. The number of piperidine rings is 1. The Bertz CT molecular complexity index is 1090. The quantitative estimate of drug-likeness (QED) is 0.371. The molecule has 7 nitrogen and oxygen atoms in total. The number of anilines is 1. The van der Waals surface area contributed by atoms with E-state index in [0.717, 1.165) is 55.1 Å². The van der Waals surface area contributed by atoms with Crippen molar-refractivity contribution in [3.8, 4) is 17.0 Å². The maximum absolute atomic E-state index is 13.7. The van der Waals surface area contributed by atoms with Crippen molar-refractivity contribution < 1.29 is 18.8 Å². The maximum atomic E-state index is 13.7. The van der Waals surface area contributed by atoms with E-state index in [0.29, 0.717) is 36.9 Å². The fraction of sp³-hybridized carbons (Fsp3) is 0.429. The van der Waals surface area contributed by atoms with Crippen molar-refractivity contribution in [2.75, 3.05) is 45.4 Å². The van der Waals surface area contributed by atoms with Crippen molar-refractivity contribution in [2.45, 2.75) is 32.7 Å². The van der Waals surface area contributed by atoms with Gasteiger partial charge in [0.05, 0.1) is 19.2 Å². The highest BCUT2D eigenvalue weighted by atomic mass is 16.5. The summed E-state index contributed by atoms with van der Waals surface area (Å²) >= 11 is 0. The molecular formula is C28H35N3O4. The number of hydrogen-bond acceptors (Lipinski definition) is 6. The molecule has 3 aromatic rings. The first-order chi connectivity index (χ1) is 17.1. The Morgan fingerprint density at radius 1 is 1.11 bits per heavy atom. The molecule has 0 aliphatic carbocycles. The molecule has 1 amide bonds. The molecule has 186 valence electrons. The average Bonchev–Trinajstić information content (AvgIpc) is 3.32. The van der Waals surface area contributed by atoms with Gasteiger partial charge in [0.2, 0.25) is 5.88 Å². The van der Waals surface area contributed by atoms with E-state index in [1.807, 2.05) is 53.4 Å². The Morgan fingerprint density at radius 3 is 2.60 bits per heavy atom. The van der Waals surface area contributed by atoms with Crippen LogP contribution in [0.4, 0.5) is 5.88 Å². The molecule has 35 heavy (non-hydrogen) atoms. The zero-order chi connectivity index (χ0) is 24.6. The van der Waals surface area contributed by atoms with Crippen LogP contribution < -0.4 is 9.64 Å². The first kappa shape index (κ1) is 24.8. The van der Waals surface area contributed by atoms with Crippen LogP contribution in [0.5, 0.6) is 5.75 Å². The minimum atomic E-state index is -0.0570. The Morgan fingerprint density at radius 2 is 1.89 bits per heavy atom. The van der Waals surface area contributed by atoms with Crippen molar-refractivity contribution in [1.29, 1.82) is 0 Å². The number of nitrogens with zero attached hydrogens (tertiary/aromatic N) is 3. The summed E-state index contributed by atoms with van der Waals surface area (Å²) in [7, 11) is 3.28. The monoisotopic (exact) mass is 477 g/mol. The number of amides is 1. The Labute approximate surface area is 207 Å². The van der Waals surface area contributed by atoms with E-state index in [4.69, 9.17) is 14.0 Å². The number of carbonyl (C=O) groups excluding carboxylic acids is 1. The molecule has 1 saturated heterocycles. The van der Waals surface area contributed by atoms with Gasteiger partial charge in [-0.1, -0.05) is 48.5 Å². The molecule has 1 aliphatic rings. The van der Waals surface area contributed by atoms with E-state index >= 15 is 0 Å². The molecule has 2 aromatic carbocycles. The lowest BCUT2D eigenvalue weighted by Gasteiger charge is -2.31. The molecule has 1 fully saturated rings. The van der Waals surface area contributed by atoms with Crippen LogP contribution >= 0.6 is 0 Å². The van der Waals surface area contributed by atoms with Gasteiger partial charge < -0.3 is 23.8 Å². The number of carbonyl (C=O) groups is 1. The van der Waals surface area contributed by atoms with E-state index < -0.39 is 0 Å². The van der Waals surface area contributed by atoms with Gasteiger partial charge in [-0.3, -0.25) is 4.79 Å². The summed E-state index contributed by atoms with van der Waals surface area (Å²) < 4.78 is 16.6. The maximum Gasteiger partial charge on any atom is 0.254 e. The van der Waals surface area contributed by atoms with Crippen LogP contribution in [-0.4, -0.2) is 56.4 Å². The SMILES string of the molecule is COCCCN(Cc1c(-c2ccccc2)noc1N1CCC(C)CC1)C(=O)c1cccc(OC)c1. The van der Waals surface area contributed by atoms with Crippen LogP contribution in [0.25, 0.3) is 11.3 Å². The van der Waals surface area contributed by atoms with Crippen LogP contribution in [0.3, 0.4) is 0 Å². The van der Waals surface area contributed by atoms with Gasteiger partial charge in [-0.2, -0.15) is 0 Å². The molecule has 2 heterocycles. The van der Waals surface area contributed by atoms with Crippen molar-refractivity contribution in [3.05, 3.63) is 65.7 Å². The first-order valence-corrected chi connectivity index (χ1v) is 12.3. The molecular weight excluding hydrogens is 442 g/mol. The molecule has 0 spiro atoms. The second kappa shape index (κ2) is 11.9. The van der Waals surface area contributed by atoms with E-state index in [1.54, 1.807) is 20.3 Å². The van der Waals surface area contributed by atoms with Gasteiger partial charge in [-0.25, -0.2) is 0 Å². The Hall–Kier alpha value is -3.32. The summed E-state index contributed by atoms with van der Waals surface area (Å²) in [5.41, 5.74) is 3.30. The van der Waals surface area contributed by atoms with Crippen LogP contribution in [0.15, 0.2) is 59.1 Å². The number of benzene rings is 2. The minimum Gasteiger partial charge on any atom is -0.497 e. The smallest absolute Gasteiger partial charge is 0.254 e. The lowest BCUT2D eigenvalue weighted by atomic mass is 9.98. The highest BCUT2D eigenvalue weighted by molar-refractivity contribution is 5.94. The summed E-state index contributed by atoms with van der Waals surface area (Å²) in [5, 5.41) is 4.49. The second-order valence-corrected chi connectivity index (χ2v) is 9.16. The van der Waals surface area contributed by atoms with Crippen molar-refractivity contribution in [3.63, 3.8) is 0 Å². The highest BCUT2D eigenvalue weighted by Gasteiger charge is 2.28. The minimum absolute atomic E-state index is 0.0570. The zero-order valence-corrected chi connectivity index (χ0v) is 20.9. The summed E-state index contributed by atoms with van der Waals surface area (Å²) in [4.78, 5) is 17.8. The van der Waals surface area contributed by atoms with Gasteiger partial charge in [0, 0.05) is 44.5 Å². The summed E-state index contributed by atoms with van der Waals surface area (Å²) in [6, 6.07) is 17.3. The largest absolute Gasteiger partial charge is 0.497 e. The molecule has 4 rings (SSSR count). The van der Waals surface area contributed by atoms with Crippen LogP contribution in [0.2, 0.25) is 0 Å². The fourth-order valence-corrected chi connectivity index (χ4v) is 4.51. The summed E-state index contributed by atoms with van der Waals surface area (Å²) in [5.74, 6) is 2.07. The number of methoxy groups -OCH3 is 2. The molecule has 0 atom stereocenters. The summed E-state index contributed by atoms with van der Waals surface area (Å²) in [6.45, 7) is 5.66. The van der Waals surface area contributed by atoms with Crippen LogP contribution in [-0.2, 0) is 11.3 Å². The number of hydrogen-bond donors (Lipinski definition) is 0. The van der Waals surface area contributed by atoms with Gasteiger partial charge in [-0.05, 0) is 43.4 Å². The van der Waals surface area contributed by atoms with Crippen molar-refractivity contribution >= 4 is 11.8 Å². The van der Waals surface area contributed by atoms with E-state index in [-0.39, 0.29) is 5.91 Å². The standard InChI is InChI=1S/C28H35N3O4/c1-21-13-16-30(17-14-21)28-25(26(29-35-28)22-9-5-4-6-10-22)20-31(15-8-18-33-2)27(32)23-11-7-12-24(19-23)34-3/h4-7,9-12,19,21H,8,13-18,20H2,1-3H3. The molecule has 1 aromatic heterocycles. The van der Waals surface area contributed by atoms with Crippen LogP contribution in [0.1, 0.15) is 42.1 Å². The van der Waals surface area contributed by atoms with E-state index in [9.17, 15) is 4.79 Å². The van der Waals surface area contributed by atoms with Gasteiger partial charge in [0.15, 0.2) is 0 Å². The molecule has 0 bridgehead atoms. The molecule has 0 N–H and O–H groups in total. The van der Waals surface area contributed by atoms with Crippen molar-refractivity contribution in [2.24, 2.45) is 5.92 Å². The zero-order valence-electron chi connectivity index (χ0n) is 20.9. The normalized spacial score (nSPS) is 14.2. The van der Waals surface area contributed by atoms with Crippen LogP contribution in [0, 0.1) is 5.92 Å².